The first kappa shape index (κ1) is 13.1. The van der Waals surface area contributed by atoms with E-state index in [1.54, 1.807) is 0 Å². The molecule has 0 unspecified atom stereocenters. The second kappa shape index (κ2) is 5.53. The number of benzene rings is 1. The molecule has 0 saturated carbocycles. The van der Waals surface area contributed by atoms with E-state index in [0.717, 1.165) is 25.0 Å². The minimum atomic E-state index is -0.195. The quantitative estimate of drug-likeness (QED) is 0.755. The van der Waals surface area contributed by atoms with E-state index in [1.165, 1.54) is 23.8 Å². The van der Waals surface area contributed by atoms with Crippen LogP contribution in [-0.2, 0) is 27.1 Å². The van der Waals surface area contributed by atoms with Gasteiger partial charge in [-0.3, -0.25) is 4.79 Å². The van der Waals surface area contributed by atoms with Crippen LogP contribution in [0.5, 0.6) is 0 Å². The van der Waals surface area contributed by atoms with Crippen LogP contribution in [0.2, 0.25) is 0 Å². The third kappa shape index (κ3) is 2.72. The summed E-state index contributed by atoms with van der Waals surface area (Å²) < 4.78 is 10.5. The Kier molecular flexibility index (Phi) is 4.02. The van der Waals surface area contributed by atoms with Gasteiger partial charge in [-0.15, -0.1) is 0 Å². The van der Waals surface area contributed by atoms with E-state index in [9.17, 15) is 4.79 Å². The number of methoxy groups -OCH3 is 1. The molecule has 1 aliphatic heterocycles. The zero-order valence-electron chi connectivity index (χ0n) is 11.3. The van der Waals surface area contributed by atoms with Crippen LogP contribution in [0.3, 0.4) is 0 Å². The van der Waals surface area contributed by atoms with E-state index in [4.69, 9.17) is 9.47 Å². The van der Waals surface area contributed by atoms with Crippen molar-refractivity contribution in [1.82, 2.24) is 0 Å². The molecule has 0 radical (unpaired) electrons. The van der Waals surface area contributed by atoms with Gasteiger partial charge >= 0.3 is 5.97 Å². The van der Waals surface area contributed by atoms with Crippen LogP contribution in [0.25, 0.3) is 0 Å². The van der Waals surface area contributed by atoms with Gasteiger partial charge in [-0.05, 0) is 43.4 Å². The molecule has 1 heterocycles. The molecule has 1 aromatic rings. The number of carbonyl (C=O) groups is 1. The SMILES string of the molecule is COC(=O)Cc1cc(C)cc2c1[C@H](C)OCCC2. The van der Waals surface area contributed by atoms with Crippen molar-refractivity contribution in [2.75, 3.05) is 13.7 Å². The van der Waals surface area contributed by atoms with Gasteiger partial charge in [0, 0.05) is 6.61 Å². The first-order chi connectivity index (χ1) is 8.61. The van der Waals surface area contributed by atoms with Crippen molar-refractivity contribution in [3.63, 3.8) is 0 Å². The standard InChI is InChI=1S/C15H20O3/c1-10-7-12-5-4-6-18-11(2)15(12)13(8-10)9-14(16)17-3/h7-8,11H,4-6,9H2,1-3H3/t11-/m0/s1. The summed E-state index contributed by atoms with van der Waals surface area (Å²) in [7, 11) is 1.43. The third-order valence-corrected chi connectivity index (χ3v) is 3.42. The highest BCUT2D eigenvalue weighted by molar-refractivity contribution is 5.73. The molecule has 3 nitrogen and oxygen atoms in total. The summed E-state index contributed by atoms with van der Waals surface area (Å²) in [5.74, 6) is -0.195. The van der Waals surface area contributed by atoms with E-state index < -0.39 is 0 Å². The van der Waals surface area contributed by atoms with E-state index in [1.807, 2.05) is 0 Å². The van der Waals surface area contributed by atoms with Crippen LogP contribution in [0.1, 0.15) is 41.7 Å². The van der Waals surface area contributed by atoms with Crippen molar-refractivity contribution >= 4 is 5.97 Å². The van der Waals surface area contributed by atoms with Crippen LogP contribution < -0.4 is 0 Å². The van der Waals surface area contributed by atoms with Crippen molar-refractivity contribution < 1.29 is 14.3 Å². The fourth-order valence-corrected chi connectivity index (χ4v) is 2.66. The molecule has 1 aliphatic rings. The van der Waals surface area contributed by atoms with Crippen molar-refractivity contribution in [3.05, 3.63) is 34.4 Å². The lowest BCUT2D eigenvalue weighted by Gasteiger charge is -2.18. The topological polar surface area (TPSA) is 35.5 Å². The lowest BCUT2D eigenvalue weighted by molar-refractivity contribution is -0.139. The number of carbonyl (C=O) groups excluding carboxylic acids is 1. The van der Waals surface area contributed by atoms with E-state index in [0.29, 0.717) is 6.42 Å². The molecular formula is C15H20O3. The number of fused-ring (bicyclic) bond motifs is 1. The number of aryl methyl sites for hydroxylation is 2. The molecule has 98 valence electrons. The largest absolute Gasteiger partial charge is 0.469 e. The van der Waals surface area contributed by atoms with Gasteiger partial charge in [0.25, 0.3) is 0 Å². The van der Waals surface area contributed by atoms with Gasteiger partial charge in [0.15, 0.2) is 0 Å². The van der Waals surface area contributed by atoms with Crippen molar-refractivity contribution in [2.45, 2.75) is 39.2 Å². The Morgan fingerprint density at radius 2 is 2.28 bits per heavy atom. The molecule has 0 saturated heterocycles. The maximum atomic E-state index is 11.5. The predicted octanol–water partition coefficient (Wildman–Crippen LogP) is 2.73. The Bertz CT molecular complexity index is 451. The van der Waals surface area contributed by atoms with E-state index in [-0.39, 0.29) is 12.1 Å². The molecule has 1 aromatic carbocycles. The number of hydrogen-bond donors (Lipinski definition) is 0. The van der Waals surface area contributed by atoms with Gasteiger partial charge in [0.1, 0.15) is 0 Å². The monoisotopic (exact) mass is 248 g/mol. The van der Waals surface area contributed by atoms with Gasteiger partial charge in [0.2, 0.25) is 0 Å². The van der Waals surface area contributed by atoms with Crippen LogP contribution >= 0.6 is 0 Å². The molecule has 18 heavy (non-hydrogen) atoms. The van der Waals surface area contributed by atoms with E-state index >= 15 is 0 Å². The second-order valence-corrected chi connectivity index (χ2v) is 4.87. The number of esters is 1. The highest BCUT2D eigenvalue weighted by Crippen LogP contribution is 2.30. The number of hydrogen-bond acceptors (Lipinski definition) is 3. The zero-order chi connectivity index (χ0) is 13.1. The normalized spacial score (nSPS) is 18.9. The molecule has 0 aliphatic carbocycles. The minimum Gasteiger partial charge on any atom is -0.469 e. The smallest absolute Gasteiger partial charge is 0.309 e. The zero-order valence-corrected chi connectivity index (χ0v) is 11.3. The van der Waals surface area contributed by atoms with Crippen molar-refractivity contribution in [1.29, 1.82) is 0 Å². The Hall–Kier alpha value is -1.35. The first-order valence-corrected chi connectivity index (χ1v) is 6.42. The van der Waals surface area contributed by atoms with Gasteiger partial charge in [-0.25, -0.2) is 0 Å². The summed E-state index contributed by atoms with van der Waals surface area (Å²) in [6.07, 6.45) is 2.45. The Balaban J connectivity index is 2.44. The molecule has 0 bridgehead atoms. The molecule has 3 heteroatoms. The molecule has 0 N–H and O–H groups in total. The van der Waals surface area contributed by atoms with Crippen LogP contribution in [0.4, 0.5) is 0 Å². The highest BCUT2D eigenvalue weighted by atomic mass is 16.5. The summed E-state index contributed by atoms with van der Waals surface area (Å²) in [6, 6.07) is 4.28. The molecule has 0 aromatic heterocycles. The summed E-state index contributed by atoms with van der Waals surface area (Å²) in [4.78, 5) is 11.5. The lowest BCUT2D eigenvalue weighted by atomic mass is 9.91. The fraction of sp³-hybridized carbons (Fsp3) is 0.533. The van der Waals surface area contributed by atoms with Crippen LogP contribution in [0.15, 0.2) is 12.1 Å². The Morgan fingerprint density at radius 3 is 3.00 bits per heavy atom. The Labute approximate surface area is 108 Å². The summed E-state index contributed by atoms with van der Waals surface area (Å²) >= 11 is 0. The summed E-state index contributed by atoms with van der Waals surface area (Å²) in [5, 5.41) is 0. The van der Waals surface area contributed by atoms with E-state index in [2.05, 4.69) is 26.0 Å². The highest BCUT2D eigenvalue weighted by Gasteiger charge is 2.20. The van der Waals surface area contributed by atoms with Crippen LogP contribution in [-0.4, -0.2) is 19.7 Å². The van der Waals surface area contributed by atoms with Crippen molar-refractivity contribution in [2.24, 2.45) is 0 Å². The maximum absolute atomic E-state index is 11.5. The fourth-order valence-electron chi connectivity index (χ4n) is 2.66. The first-order valence-electron chi connectivity index (χ1n) is 6.42. The number of ether oxygens (including phenoxy) is 2. The van der Waals surface area contributed by atoms with Crippen LogP contribution in [0, 0.1) is 6.92 Å². The molecule has 0 amide bonds. The average Bonchev–Trinajstić information content (AvgIpc) is 2.51. The van der Waals surface area contributed by atoms with Gasteiger partial charge in [-0.2, -0.15) is 0 Å². The summed E-state index contributed by atoms with van der Waals surface area (Å²) in [6.45, 7) is 4.91. The average molecular weight is 248 g/mol. The van der Waals surface area contributed by atoms with Gasteiger partial charge in [-0.1, -0.05) is 17.7 Å². The minimum absolute atomic E-state index is 0.0581. The molecule has 0 fully saturated rings. The maximum Gasteiger partial charge on any atom is 0.309 e. The summed E-state index contributed by atoms with van der Waals surface area (Å²) in [5.41, 5.74) is 4.75. The van der Waals surface area contributed by atoms with Gasteiger partial charge < -0.3 is 9.47 Å². The molecule has 2 rings (SSSR count). The predicted molar refractivity (Wildman–Crippen MR) is 69.6 cm³/mol. The molecule has 1 atom stereocenters. The second-order valence-electron chi connectivity index (χ2n) is 4.87. The molecule has 0 spiro atoms. The Morgan fingerprint density at radius 1 is 1.50 bits per heavy atom. The third-order valence-electron chi connectivity index (χ3n) is 3.42. The molecular weight excluding hydrogens is 228 g/mol. The van der Waals surface area contributed by atoms with Gasteiger partial charge in [0.05, 0.1) is 19.6 Å². The number of rotatable bonds is 2. The van der Waals surface area contributed by atoms with Crippen molar-refractivity contribution in [3.8, 4) is 0 Å². The lowest BCUT2D eigenvalue weighted by Crippen LogP contribution is -2.11.